The first-order valence-electron chi connectivity index (χ1n) is 4.18. The summed E-state index contributed by atoms with van der Waals surface area (Å²) < 4.78 is 39.9. The number of aromatic nitrogens is 2. The standard InChI is InChI=1S/C7H10F3N3S2/c1-5-12-6(15-13-5)14-3-2-11-4-7(8,9)10/h11H,2-4H2,1H3. The van der Waals surface area contributed by atoms with E-state index in [4.69, 9.17) is 0 Å². The maximum absolute atomic E-state index is 11.7. The normalized spacial score (nSPS) is 12.0. The van der Waals surface area contributed by atoms with Crippen molar-refractivity contribution in [2.45, 2.75) is 17.4 Å². The number of halogens is 3. The van der Waals surface area contributed by atoms with Crippen molar-refractivity contribution in [2.24, 2.45) is 0 Å². The molecule has 1 N–H and O–H groups in total. The van der Waals surface area contributed by atoms with Crippen molar-refractivity contribution in [1.82, 2.24) is 14.7 Å². The molecule has 1 aromatic rings. The fraction of sp³-hybridized carbons (Fsp3) is 0.714. The minimum absolute atomic E-state index is 0.308. The molecule has 1 rings (SSSR count). The highest BCUT2D eigenvalue weighted by Crippen LogP contribution is 2.19. The van der Waals surface area contributed by atoms with Gasteiger partial charge in [-0.15, -0.1) is 0 Å². The van der Waals surface area contributed by atoms with Gasteiger partial charge in [-0.3, -0.25) is 0 Å². The SMILES string of the molecule is Cc1nsc(SCCNCC(F)(F)F)n1. The highest BCUT2D eigenvalue weighted by molar-refractivity contribution is 8.00. The number of alkyl halides is 3. The van der Waals surface area contributed by atoms with Gasteiger partial charge >= 0.3 is 6.18 Å². The van der Waals surface area contributed by atoms with Crippen LogP contribution in [-0.4, -0.2) is 34.4 Å². The molecule has 0 aliphatic rings. The number of hydrogen-bond acceptors (Lipinski definition) is 5. The van der Waals surface area contributed by atoms with Gasteiger partial charge in [0, 0.05) is 12.3 Å². The van der Waals surface area contributed by atoms with Gasteiger partial charge in [-0.05, 0) is 18.5 Å². The summed E-state index contributed by atoms with van der Waals surface area (Å²) in [4.78, 5) is 4.08. The lowest BCUT2D eigenvalue weighted by molar-refractivity contribution is -0.124. The zero-order valence-corrected chi connectivity index (χ0v) is 9.60. The van der Waals surface area contributed by atoms with Gasteiger partial charge in [0.15, 0.2) is 4.34 Å². The Balaban J connectivity index is 2.07. The number of nitrogens with one attached hydrogen (secondary N) is 1. The Hall–Kier alpha value is -0.340. The average molecular weight is 257 g/mol. The van der Waals surface area contributed by atoms with E-state index in [9.17, 15) is 13.2 Å². The maximum Gasteiger partial charge on any atom is 0.401 e. The van der Waals surface area contributed by atoms with E-state index in [2.05, 4.69) is 14.7 Å². The molecule has 0 bridgehead atoms. The molecule has 0 saturated heterocycles. The summed E-state index contributed by atoms with van der Waals surface area (Å²) in [7, 11) is 0. The van der Waals surface area contributed by atoms with Gasteiger partial charge in [0.2, 0.25) is 0 Å². The Morgan fingerprint density at radius 3 is 2.73 bits per heavy atom. The van der Waals surface area contributed by atoms with Gasteiger partial charge in [0.25, 0.3) is 0 Å². The van der Waals surface area contributed by atoms with Crippen LogP contribution in [0.4, 0.5) is 13.2 Å². The van der Waals surface area contributed by atoms with Crippen molar-refractivity contribution in [3.63, 3.8) is 0 Å². The number of rotatable bonds is 5. The van der Waals surface area contributed by atoms with E-state index in [-0.39, 0.29) is 0 Å². The molecule has 1 heterocycles. The molecule has 86 valence electrons. The maximum atomic E-state index is 11.7. The third-order valence-corrected chi connectivity index (χ3v) is 3.27. The summed E-state index contributed by atoms with van der Waals surface area (Å²) in [6.07, 6.45) is -4.13. The summed E-state index contributed by atoms with van der Waals surface area (Å²) in [5.74, 6) is 1.26. The molecular formula is C7H10F3N3S2. The molecule has 1 aromatic heterocycles. The number of thioether (sulfide) groups is 1. The second kappa shape index (κ2) is 5.66. The molecular weight excluding hydrogens is 247 g/mol. The molecule has 0 unspecified atom stereocenters. The molecule has 0 aliphatic heterocycles. The van der Waals surface area contributed by atoms with Crippen molar-refractivity contribution in [3.8, 4) is 0 Å². The minimum atomic E-state index is -4.13. The van der Waals surface area contributed by atoms with Crippen molar-refractivity contribution < 1.29 is 13.2 Å². The first-order valence-corrected chi connectivity index (χ1v) is 5.94. The third-order valence-electron chi connectivity index (χ3n) is 1.34. The third kappa shape index (κ3) is 5.95. The van der Waals surface area contributed by atoms with Gasteiger partial charge < -0.3 is 5.32 Å². The molecule has 0 spiro atoms. The van der Waals surface area contributed by atoms with Crippen molar-refractivity contribution in [3.05, 3.63) is 5.82 Å². The van der Waals surface area contributed by atoms with Gasteiger partial charge in [0.05, 0.1) is 6.54 Å². The van der Waals surface area contributed by atoms with E-state index in [1.165, 1.54) is 23.3 Å². The highest BCUT2D eigenvalue weighted by Gasteiger charge is 2.25. The monoisotopic (exact) mass is 257 g/mol. The lowest BCUT2D eigenvalue weighted by Crippen LogP contribution is -2.30. The van der Waals surface area contributed by atoms with E-state index < -0.39 is 12.7 Å². The van der Waals surface area contributed by atoms with E-state index >= 15 is 0 Å². The summed E-state index contributed by atoms with van der Waals surface area (Å²) in [6.45, 7) is 1.15. The summed E-state index contributed by atoms with van der Waals surface area (Å²) in [6, 6.07) is 0. The van der Waals surface area contributed by atoms with Gasteiger partial charge in [0.1, 0.15) is 5.82 Å². The quantitative estimate of drug-likeness (QED) is 0.647. The second-order valence-corrected chi connectivity index (χ2v) is 4.84. The van der Waals surface area contributed by atoms with E-state index in [1.54, 1.807) is 6.92 Å². The number of nitrogens with zero attached hydrogens (tertiary/aromatic N) is 2. The van der Waals surface area contributed by atoms with Crippen molar-refractivity contribution in [1.29, 1.82) is 0 Å². The van der Waals surface area contributed by atoms with Crippen LogP contribution in [0, 0.1) is 6.92 Å². The lowest BCUT2D eigenvalue weighted by Gasteiger charge is -2.06. The fourth-order valence-corrected chi connectivity index (χ4v) is 2.39. The molecule has 0 saturated carbocycles. The van der Waals surface area contributed by atoms with Gasteiger partial charge in [-0.1, -0.05) is 11.8 Å². The predicted octanol–water partition coefficient (Wildman–Crippen LogP) is 2.09. The predicted molar refractivity (Wildman–Crippen MR) is 54.3 cm³/mol. The van der Waals surface area contributed by atoms with Crippen molar-refractivity contribution >= 4 is 23.3 Å². The topological polar surface area (TPSA) is 37.8 Å². The first kappa shape index (κ1) is 12.7. The van der Waals surface area contributed by atoms with Crippen LogP contribution in [0.15, 0.2) is 4.34 Å². The average Bonchev–Trinajstić information content (AvgIpc) is 2.49. The Bertz CT molecular complexity index is 300. The molecule has 0 aliphatic carbocycles. The molecule has 0 radical (unpaired) electrons. The molecule has 0 amide bonds. The zero-order valence-electron chi connectivity index (χ0n) is 7.97. The largest absolute Gasteiger partial charge is 0.401 e. The van der Waals surface area contributed by atoms with Crippen LogP contribution in [0.25, 0.3) is 0 Å². The fourth-order valence-electron chi connectivity index (χ4n) is 0.777. The highest BCUT2D eigenvalue weighted by atomic mass is 32.2. The number of aryl methyl sites for hydroxylation is 1. The molecule has 3 nitrogen and oxygen atoms in total. The molecule has 15 heavy (non-hydrogen) atoms. The van der Waals surface area contributed by atoms with E-state index in [0.29, 0.717) is 18.1 Å². The van der Waals surface area contributed by atoms with Crippen LogP contribution < -0.4 is 5.32 Å². The van der Waals surface area contributed by atoms with Gasteiger partial charge in [-0.25, -0.2) is 4.98 Å². The Morgan fingerprint density at radius 1 is 1.47 bits per heavy atom. The molecule has 0 fully saturated rings. The summed E-state index contributed by atoms with van der Waals surface area (Å²) in [5, 5.41) is 2.31. The van der Waals surface area contributed by atoms with Gasteiger partial charge in [-0.2, -0.15) is 17.5 Å². The van der Waals surface area contributed by atoms with Crippen LogP contribution in [-0.2, 0) is 0 Å². The number of hydrogen-bond donors (Lipinski definition) is 1. The van der Waals surface area contributed by atoms with Crippen molar-refractivity contribution in [2.75, 3.05) is 18.8 Å². The lowest BCUT2D eigenvalue weighted by atomic mass is 10.6. The van der Waals surface area contributed by atoms with E-state index in [1.807, 2.05) is 0 Å². The second-order valence-electron chi connectivity index (χ2n) is 2.75. The van der Waals surface area contributed by atoms with E-state index in [0.717, 1.165) is 4.34 Å². The molecule has 0 aromatic carbocycles. The Morgan fingerprint density at radius 2 is 2.20 bits per heavy atom. The zero-order chi connectivity index (χ0) is 11.3. The first-order chi connectivity index (χ1) is 6.97. The summed E-state index contributed by atoms with van der Waals surface area (Å²) >= 11 is 2.67. The van der Waals surface area contributed by atoms with Crippen LogP contribution in [0.3, 0.4) is 0 Å². The smallest absolute Gasteiger partial charge is 0.308 e. The Kier molecular flexibility index (Phi) is 4.81. The van der Waals surface area contributed by atoms with Crippen LogP contribution in [0.5, 0.6) is 0 Å². The van der Waals surface area contributed by atoms with Crippen LogP contribution >= 0.6 is 23.3 Å². The summed E-state index contributed by atoms with van der Waals surface area (Å²) in [5.41, 5.74) is 0. The molecule has 8 heteroatoms. The van der Waals surface area contributed by atoms with Crippen LogP contribution in [0.2, 0.25) is 0 Å². The Labute approximate surface area is 93.6 Å². The molecule has 0 atom stereocenters. The minimum Gasteiger partial charge on any atom is -0.308 e. The van der Waals surface area contributed by atoms with Crippen LogP contribution in [0.1, 0.15) is 5.82 Å².